The third kappa shape index (κ3) is 2.88. The lowest BCUT2D eigenvalue weighted by atomic mass is 9.98. The van der Waals surface area contributed by atoms with Crippen molar-refractivity contribution >= 4 is 17.2 Å². The number of benzene rings is 1. The van der Waals surface area contributed by atoms with Crippen LogP contribution in [0.15, 0.2) is 24.3 Å². The van der Waals surface area contributed by atoms with Crippen LogP contribution in [0.25, 0.3) is 10.4 Å². The first-order valence-electron chi connectivity index (χ1n) is 8.60. The second-order valence-corrected chi connectivity index (χ2v) is 7.89. The van der Waals surface area contributed by atoms with Gasteiger partial charge in [0.15, 0.2) is 0 Å². The summed E-state index contributed by atoms with van der Waals surface area (Å²) in [5.41, 5.74) is 11.0. The molecule has 2 aliphatic rings. The van der Waals surface area contributed by atoms with Crippen LogP contribution in [-0.2, 0) is 13.0 Å². The van der Waals surface area contributed by atoms with Crippen LogP contribution in [0.1, 0.15) is 32.8 Å². The van der Waals surface area contributed by atoms with Crippen LogP contribution in [0.3, 0.4) is 0 Å². The van der Waals surface area contributed by atoms with E-state index in [2.05, 4.69) is 29.6 Å². The molecule has 0 spiro atoms. The van der Waals surface area contributed by atoms with E-state index in [1.165, 1.54) is 21.6 Å². The number of aryl methyl sites for hydroxylation is 1. The third-order valence-electron chi connectivity index (χ3n) is 5.00. The Hall–Kier alpha value is -1.69. The second kappa shape index (κ2) is 6.31. The lowest BCUT2D eigenvalue weighted by Gasteiger charge is -2.17. The molecule has 1 fully saturated rings. The number of nitrogens with zero attached hydrogens (tertiary/aromatic N) is 1. The number of nitrogens with one attached hydrogen (secondary N) is 1. The topological polar surface area (TPSA) is 58.4 Å². The summed E-state index contributed by atoms with van der Waals surface area (Å²) in [5, 5.41) is 3.43. The van der Waals surface area contributed by atoms with E-state index in [9.17, 15) is 4.79 Å². The van der Waals surface area contributed by atoms with Gasteiger partial charge in [0, 0.05) is 30.6 Å². The summed E-state index contributed by atoms with van der Waals surface area (Å²) >= 11 is 1.61. The van der Waals surface area contributed by atoms with E-state index in [0.29, 0.717) is 6.54 Å². The van der Waals surface area contributed by atoms with Crippen LogP contribution < -0.4 is 11.1 Å². The highest BCUT2D eigenvalue weighted by Crippen LogP contribution is 2.34. The van der Waals surface area contributed by atoms with Gasteiger partial charge in [0.2, 0.25) is 0 Å². The Morgan fingerprint density at radius 3 is 3.00 bits per heavy atom. The van der Waals surface area contributed by atoms with E-state index in [0.717, 1.165) is 42.9 Å². The molecular weight excluding hydrogens is 318 g/mol. The van der Waals surface area contributed by atoms with Crippen molar-refractivity contribution in [3.05, 3.63) is 45.8 Å². The largest absolute Gasteiger partial charge is 0.336 e. The van der Waals surface area contributed by atoms with Crippen LogP contribution >= 0.6 is 11.3 Å². The number of thiophene rings is 1. The summed E-state index contributed by atoms with van der Waals surface area (Å²) in [6, 6.07) is 8.97. The van der Waals surface area contributed by atoms with E-state index >= 15 is 0 Å². The van der Waals surface area contributed by atoms with E-state index in [1.807, 2.05) is 11.8 Å². The van der Waals surface area contributed by atoms with Crippen molar-refractivity contribution in [1.82, 2.24) is 10.2 Å². The zero-order chi connectivity index (χ0) is 16.7. The number of rotatable bonds is 2. The predicted molar refractivity (Wildman–Crippen MR) is 98.4 cm³/mol. The Bertz CT molecular complexity index is 783. The summed E-state index contributed by atoms with van der Waals surface area (Å²) in [5.74, 6) is 0.135. The molecule has 2 aliphatic heterocycles. The zero-order valence-corrected chi connectivity index (χ0v) is 14.8. The van der Waals surface area contributed by atoms with Crippen molar-refractivity contribution in [3.63, 3.8) is 0 Å². The summed E-state index contributed by atoms with van der Waals surface area (Å²) in [4.78, 5) is 16.7. The van der Waals surface area contributed by atoms with Gasteiger partial charge in [-0.3, -0.25) is 4.79 Å². The molecule has 0 aliphatic carbocycles. The highest BCUT2D eigenvalue weighted by atomic mass is 32.1. The van der Waals surface area contributed by atoms with Crippen LogP contribution in [0.4, 0.5) is 0 Å². The molecule has 0 bridgehead atoms. The molecule has 1 saturated heterocycles. The molecule has 4 rings (SSSR count). The maximum Gasteiger partial charge on any atom is 0.264 e. The number of carbonyl (C=O) groups excluding carboxylic acids is 1. The number of carbonyl (C=O) groups is 1. The van der Waals surface area contributed by atoms with E-state index in [1.54, 1.807) is 11.3 Å². The number of nitrogens with two attached hydrogens (primary N) is 1. The molecular formula is C19H23N3OS. The maximum absolute atomic E-state index is 12.8. The van der Waals surface area contributed by atoms with Crippen LogP contribution in [0.5, 0.6) is 0 Å². The Balaban J connectivity index is 1.62. The molecule has 1 atom stereocenters. The summed E-state index contributed by atoms with van der Waals surface area (Å²) in [6.07, 6.45) is 2.00. The standard InChI is InChI=1S/C19H23N3OS/c1-12-8-17(14-3-2-13-4-6-21-10-15(13)9-14)24-18(12)19(23)22-7-5-16(20)11-22/h2-3,8-9,16,21H,4-7,10-11,20H2,1H3/t16-/m0/s1. The average molecular weight is 341 g/mol. The minimum absolute atomic E-state index is 0.127. The molecule has 0 unspecified atom stereocenters. The van der Waals surface area contributed by atoms with E-state index < -0.39 is 0 Å². The predicted octanol–water partition coefficient (Wildman–Crippen LogP) is 2.54. The molecule has 3 N–H and O–H groups in total. The van der Waals surface area contributed by atoms with Crippen molar-refractivity contribution in [2.75, 3.05) is 19.6 Å². The number of hydrogen-bond donors (Lipinski definition) is 2. The monoisotopic (exact) mass is 341 g/mol. The molecule has 126 valence electrons. The van der Waals surface area contributed by atoms with Crippen molar-refractivity contribution < 1.29 is 4.79 Å². The van der Waals surface area contributed by atoms with Crippen LogP contribution in [0.2, 0.25) is 0 Å². The number of hydrogen-bond acceptors (Lipinski definition) is 4. The molecule has 4 nitrogen and oxygen atoms in total. The van der Waals surface area contributed by atoms with Gasteiger partial charge in [-0.05, 0) is 60.7 Å². The normalized spacial score (nSPS) is 20.2. The molecule has 1 aromatic heterocycles. The summed E-state index contributed by atoms with van der Waals surface area (Å²) in [7, 11) is 0. The average Bonchev–Trinajstić information content (AvgIpc) is 3.20. The van der Waals surface area contributed by atoms with Gasteiger partial charge >= 0.3 is 0 Å². The zero-order valence-electron chi connectivity index (χ0n) is 14.0. The van der Waals surface area contributed by atoms with Gasteiger partial charge in [-0.15, -0.1) is 11.3 Å². The van der Waals surface area contributed by atoms with Crippen molar-refractivity contribution in [2.24, 2.45) is 5.73 Å². The summed E-state index contributed by atoms with van der Waals surface area (Å²) < 4.78 is 0. The molecule has 1 aromatic carbocycles. The molecule has 0 saturated carbocycles. The first kappa shape index (κ1) is 15.8. The Kier molecular flexibility index (Phi) is 4.16. The fourth-order valence-electron chi connectivity index (χ4n) is 3.59. The highest BCUT2D eigenvalue weighted by molar-refractivity contribution is 7.17. The highest BCUT2D eigenvalue weighted by Gasteiger charge is 2.27. The molecule has 24 heavy (non-hydrogen) atoms. The SMILES string of the molecule is Cc1cc(-c2ccc3c(c2)CNCC3)sc1C(=O)N1CC[C@H](N)C1. The van der Waals surface area contributed by atoms with Gasteiger partial charge in [0.25, 0.3) is 5.91 Å². The lowest BCUT2D eigenvalue weighted by Crippen LogP contribution is -2.31. The Labute approximate surface area is 146 Å². The number of fused-ring (bicyclic) bond motifs is 1. The van der Waals surface area contributed by atoms with Gasteiger partial charge in [-0.25, -0.2) is 0 Å². The minimum atomic E-state index is 0.127. The van der Waals surface area contributed by atoms with Crippen LogP contribution in [0, 0.1) is 6.92 Å². The summed E-state index contributed by atoms with van der Waals surface area (Å²) in [6.45, 7) is 5.47. The van der Waals surface area contributed by atoms with Crippen LogP contribution in [-0.4, -0.2) is 36.5 Å². The molecule has 3 heterocycles. The number of amides is 1. The smallest absolute Gasteiger partial charge is 0.264 e. The maximum atomic E-state index is 12.8. The van der Waals surface area contributed by atoms with Gasteiger partial charge in [-0.1, -0.05) is 12.1 Å². The van der Waals surface area contributed by atoms with Crippen molar-refractivity contribution in [2.45, 2.75) is 32.4 Å². The molecule has 1 amide bonds. The van der Waals surface area contributed by atoms with E-state index in [4.69, 9.17) is 5.73 Å². The number of likely N-dealkylation sites (tertiary alicyclic amines) is 1. The molecule has 5 heteroatoms. The minimum Gasteiger partial charge on any atom is -0.336 e. The van der Waals surface area contributed by atoms with Gasteiger partial charge in [-0.2, -0.15) is 0 Å². The third-order valence-corrected chi connectivity index (χ3v) is 6.28. The molecule has 0 radical (unpaired) electrons. The van der Waals surface area contributed by atoms with E-state index in [-0.39, 0.29) is 11.9 Å². The van der Waals surface area contributed by atoms with Crippen molar-refractivity contribution in [3.8, 4) is 10.4 Å². The quantitative estimate of drug-likeness (QED) is 0.882. The van der Waals surface area contributed by atoms with Gasteiger partial charge in [0.05, 0.1) is 4.88 Å². The van der Waals surface area contributed by atoms with Gasteiger partial charge < -0.3 is 16.0 Å². The van der Waals surface area contributed by atoms with Gasteiger partial charge in [0.1, 0.15) is 0 Å². The second-order valence-electron chi connectivity index (χ2n) is 6.83. The molecule has 2 aromatic rings. The fraction of sp³-hybridized carbons (Fsp3) is 0.421. The first-order chi connectivity index (χ1) is 11.6. The lowest BCUT2D eigenvalue weighted by molar-refractivity contribution is 0.0795. The Morgan fingerprint density at radius 2 is 2.21 bits per heavy atom. The van der Waals surface area contributed by atoms with Crippen molar-refractivity contribution in [1.29, 1.82) is 0 Å². The first-order valence-corrected chi connectivity index (χ1v) is 9.41. The Morgan fingerprint density at radius 1 is 1.33 bits per heavy atom. The fourth-order valence-corrected chi connectivity index (χ4v) is 4.72.